The third-order valence-electron chi connectivity index (χ3n) is 3.98. The number of fused-ring (bicyclic) bond motifs is 1. The molecule has 0 N–H and O–H groups in total. The van der Waals surface area contributed by atoms with Crippen LogP contribution in [0, 0.1) is 17.5 Å². The van der Waals surface area contributed by atoms with Crippen molar-refractivity contribution in [1.82, 2.24) is 19.5 Å². The van der Waals surface area contributed by atoms with E-state index in [9.17, 15) is 18.0 Å². The zero-order chi connectivity index (χ0) is 20.5. The summed E-state index contributed by atoms with van der Waals surface area (Å²) in [6.07, 6.45) is 1.43. The first-order valence-electron chi connectivity index (χ1n) is 8.11. The highest BCUT2D eigenvalue weighted by Crippen LogP contribution is 2.28. The van der Waals surface area contributed by atoms with Gasteiger partial charge in [-0.25, -0.2) is 28.1 Å². The Morgan fingerprint density at radius 2 is 1.93 bits per heavy atom. The summed E-state index contributed by atoms with van der Waals surface area (Å²) in [5.74, 6) is -2.87. The highest BCUT2D eigenvalue weighted by atomic mass is 32.2. The summed E-state index contributed by atoms with van der Waals surface area (Å²) in [5, 5.41) is 0.170. The van der Waals surface area contributed by atoms with E-state index < -0.39 is 17.5 Å². The van der Waals surface area contributed by atoms with Gasteiger partial charge in [-0.05, 0) is 6.07 Å². The third-order valence-corrected chi connectivity index (χ3v) is 5.75. The van der Waals surface area contributed by atoms with Gasteiger partial charge in [0.1, 0.15) is 22.2 Å². The Labute approximate surface area is 170 Å². The van der Waals surface area contributed by atoms with Crippen LogP contribution >= 0.6 is 23.1 Å². The van der Waals surface area contributed by atoms with Crippen LogP contribution in [0.3, 0.4) is 0 Å². The van der Waals surface area contributed by atoms with E-state index in [2.05, 4.69) is 15.0 Å². The predicted octanol–water partition coefficient (Wildman–Crippen LogP) is 3.96. The molecule has 0 saturated carbocycles. The Balaban J connectivity index is 1.80. The number of hydrogen-bond acceptors (Lipinski definition) is 7. The van der Waals surface area contributed by atoms with Crippen molar-refractivity contribution in [1.29, 1.82) is 0 Å². The molecule has 11 heteroatoms. The number of thioether (sulfide) groups is 1. The van der Waals surface area contributed by atoms with E-state index >= 15 is 0 Å². The minimum atomic E-state index is -1.01. The molecule has 3 aromatic heterocycles. The van der Waals surface area contributed by atoms with Crippen LogP contribution < -0.4 is 10.3 Å². The first kappa shape index (κ1) is 19.4. The Bertz CT molecular complexity index is 1240. The van der Waals surface area contributed by atoms with E-state index in [1.165, 1.54) is 23.4 Å². The van der Waals surface area contributed by atoms with Gasteiger partial charge in [0.2, 0.25) is 5.88 Å². The van der Waals surface area contributed by atoms with Crippen LogP contribution in [0.15, 0.2) is 45.9 Å². The van der Waals surface area contributed by atoms with Crippen molar-refractivity contribution in [2.45, 2.75) is 10.9 Å². The monoisotopic (exact) mass is 436 g/mol. The number of ether oxygens (including phenoxy) is 1. The second kappa shape index (κ2) is 7.84. The molecule has 0 radical (unpaired) electrons. The van der Waals surface area contributed by atoms with E-state index in [4.69, 9.17) is 4.74 Å². The van der Waals surface area contributed by atoms with E-state index in [0.717, 1.165) is 23.1 Å². The lowest BCUT2D eigenvalue weighted by molar-refractivity contribution is 0.397. The molecule has 0 aliphatic rings. The summed E-state index contributed by atoms with van der Waals surface area (Å²) in [6, 6.07) is 4.41. The number of hydrogen-bond donors (Lipinski definition) is 0. The maximum Gasteiger partial charge on any atom is 0.278 e. The van der Waals surface area contributed by atoms with Gasteiger partial charge < -0.3 is 4.74 Å². The van der Waals surface area contributed by atoms with E-state index in [0.29, 0.717) is 28.4 Å². The number of methoxy groups -OCH3 is 1. The Hall–Kier alpha value is -2.92. The fourth-order valence-electron chi connectivity index (χ4n) is 2.59. The quantitative estimate of drug-likeness (QED) is 0.349. The van der Waals surface area contributed by atoms with Gasteiger partial charge in [-0.3, -0.25) is 9.36 Å². The van der Waals surface area contributed by atoms with Gasteiger partial charge in [-0.2, -0.15) is 0 Å². The van der Waals surface area contributed by atoms with Crippen molar-refractivity contribution in [3.8, 4) is 11.6 Å². The molecule has 148 valence electrons. The van der Waals surface area contributed by atoms with Crippen LogP contribution in [0.25, 0.3) is 16.0 Å². The lowest BCUT2D eigenvalue weighted by Gasteiger charge is -2.12. The van der Waals surface area contributed by atoms with Crippen molar-refractivity contribution in [2.75, 3.05) is 7.11 Å². The predicted molar refractivity (Wildman–Crippen MR) is 103 cm³/mol. The van der Waals surface area contributed by atoms with Crippen molar-refractivity contribution in [2.24, 2.45) is 0 Å². The van der Waals surface area contributed by atoms with Gasteiger partial charge >= 0.3 is 0 Å². The SMILES string of the molecule is COc1ccc(-n2c(SCc3c(F)cc(F)cc3F)nc3ncsc3c2=O)cn1. The van der Waals surface area contributed by atoms with Crippen molar-refractivity contribution in [3.05, 3.63) is 69.3 Å². The molecule has 0 bridgehead atoms. The average molecular weight is 436 g/mol. The van der Waals surface area contributed by atoms with Crippen LogP contribution in [-0.2, 0) is 5.75 Å². The van der Waals surface area contributed by atoms with Crippen molar-refractivity contribution < 1.29 is 17.9 Å². The Morgan fingerprint density at radius 3 is 2.59 bits per heavy atom. The molecule has 1 aromatic carbocycles. The molecule has 0 aliphatic heterocycles. The normalized spacial score (nSPS) is 11.2. The van der Waals surface area contributed by atoms with Gasteiger partial charge in [-0.1, -0.05) is 11.8 Å². The Morgan fingerprint density at radius 1 is 1.17 bits per heavy atom. The first-order chi connectivity index (χ1) is 14.0. The molecular weight excluding hydrogens is 425 g/mol. The molecular formula is C18H11F3N4O2S2. The number of halogens is 3. The molecule has 29 heavy (non-hydrogen) atoms. The van der Waals surface area contributed by atoms with Crippen LogP contribution in [0.4, 0.5) is 13.2 Å². The minimum absolute atomic E-state index is 0.170. The summed E-state index contributed by atoms with van der Waals surface area (Å²) < 4.78 is 47.8. The third kappa shape index (κ3) is 3.70. The molecule has 0 amide bonds. The van der Waals surface area contributed by atoms with Gasteiger partial charge in [-0.15, -0.1) is 11.3 Å². The lowest BCUT2D eigenvalue weighted by Crippen LogP contribution is -2.21. The molecule has 0 unspecified atom stereocenters. The zero-order valence-electron chi connectivity index (χ0n) is 14.7. The van der Waals surface area contributed by atoms with E-state index in [-0.39, 0.29) is 27.7 Å². The van der Waals surface area contributed by atoms with Crippen LogP contribution in [0.1, 0.15) is 5.56 Å². The second-order valence-electron chi connectivity index (χ2n) is 5.74. The highest BCUT2D eigenvalue weighted by Gasteiger charge is 2.18. The number of rotatable bonds is 5. The van der Waals surface area contributed by atoms with E-state index in [1.807, 2.05) is 0 Å². The summed E-state index contributed by atoms with van der Waals surface area (Å²) in [5.41, 5.74) is 1.43. The summed E-state index contributed by atoms with van der Waals surface area (Å²) in [6.45, 7) is 0. The number of aromatic nitrogens is 4. The molecule has 0 fully saturated rings. The number of nitrogens with zero attached hydrogens (tertiary/aromatic N) is 4. The van der Waals surface area contributed by atoms with Crippen molar-refractivity contribution >= 4 is 33.4 Å². The molecule has 0 saturated heterocycles. The fraction of sp³-hybridized carbons (Fsp3) is 0.111. The maximum atomic E-state index is 14.0. The number of thiazole rings is 1. The summed E-state index contributed by atoms with van der Waals surface area (Å²) in [4.78, 5) is 25.5. The summed E-state index contributed by atoms with van der Waals surface area (Å²) >= 11 is 2.06. The lowest BCUT2D eigenvalue weighted by atomic mass is 10.2. The molecule has 6 nitrogen and oxygen atoms in total. The number of pyridine rings is 1. The fourth-order valence-corrected chi connectivity index (χ4v) is 4.26. The zero-order valence-corrected chi connectivity index (χ0v) is 16.4. The molecule has 4 rings (SSSR count). The topological polar surface area (TPSA) is 69.9 Å². The largest absolute Gasteiger partial charge is 0.481 e. The van der Waals surface area contributed by atoms with Crippen LogP contribution in [-0.4, -0.2) is 26.6 Å². The molecule has 3 heterocycles. The average Bonchev–Trinajstić information content (AvgIpc) is 3.16. The second-order valence-corrected chi connectivity index (χ2v) is 7.53. The standard InChI is InChI=1S/C18H11F3N4O2S2/c1-27-14-3-2-10(6-22-14)25-17(26)15-16(23-8-29-15)24-18(25)28-7-11-12(20)4-9(19)5-13(11)21/h2-6,8H,7H2,1H3. The smallest absolute Gasteiger partial charge is 0.278 e. The van der Waals surface area contributed by atoms with Crippen LogP contribution in [0.2, 0.25) is 0 Å². The maximum absolute atomic E-state index is 14.0. The van der Waals surface area contributed by atoms with Gasteiger partial charge in [0, 0.05) is 29.5 Å². The van der Waals surface area contributed by atoms with Gasteiger partial charge in [0.05, 0.1) is 24.5 Å². The van der Waals surface area contributed by atoms with Gasteiger partial charge in [0.25, 0.3) is 5.56 Å². The summed E-state index contributed by atoms with van der Waals surface area (Å²) in [7, 11) is 1.46. The molecule has 4 aromatic rings. The Kier molecular flexibility index (Phi) is 5.24. The van der Waals surface area contributed by atoms with Crippen molar-refractivity contribution in [3.63, 3.8) is 0 Å². The van der Waals surface area contributed by atoms with E-state index in [1.54, 1.807) is 12.1 Å². The minimum Gasteiger partial charge on any atom is -0.481 e. The molecule has 0 atom stereocenters. The molecule has 0 aliphatic carbocycles. The first-order valence-corrected chi connectivity index (χ1v) is 9.97. The van der Waals surface area contributed by atoms with Gasteiger partial charge in [0.15, 0.2) is 10.8 Å². The highest BCUT2D eigenvalue weighted by molar-refractivity contribution is 7.98. The number of benzene rings is 1. The molecule has 0 spiro atoms. The van der Waals surface area contributed by atoms with Crippen LogP contribution in [0.5, 0.6) is 5.88 Å².